The van der Waals surface area contributed by atoms with E-state index in [0.717, 1.165) is 23.7 Å². The molecule has 1 amide bonds. The molecule has 0 saturated carbocycles. The number of esters is 1. The number of ether oxygens (including phenoxy) is 1. The van der Waals surface area contributed by atoms with Crippen molar-refractivity contribution in [3.05, 3.63) is 42.1 Å². The van der Waals surface area contributed by atoms with Gasteiger partial charge in [0.05, 0.1) is 12.6 Å². The summed E-state index contributed by atoms with van der Waals surface area (Å²) in [5.41, 5.74) is 6.53. The highest BCUT2D eigenvalue weighted by Gasteiger charge is 2.01. The molecule has 5 heteroatoms. The number of pyridine rings is 1. The minimum absolute atomic E-state index is 0.0966. The largest absolute Gasteiger partial charge is 0.469 e. The van der Waals surface area contributed by atoms with Crippen molar-refractivity contribution in [2.45, 2.75) is 33.1 Å². The van der Waals surface area contributed by atoms with Crippen LogP contribution in [0.1, 0.15) is 43.5 Å². The van der Waals surface area contributed by atoms with Crippen LogP contribution < -0.4 is 5.73 Å². The quantitative estimate of drug-likeness (QED) is 0.858. The summed E-state index contributed by atoms with van der Waals surface area (Å²) in [5.74, 6) is 0.177. The monoisotopic (exact) mass is 316 g/mol. The summed E-state index contributed by atoms with van der Waals surface area (Å²) in [6.07, 6.45) is 4.33. The van der Waals surface area contributed by atoms with Crippen molar-refractivity contribution in [1.29, 1.82) is 0 Å². The highest BCUT2D eigenvalue weighted by molar-refractivity contribution is 5.96. The minimum Gasteiger partial charge on any atom is -0.469 e. The van der Waals surface area contributed by atoms with Crippen LogP contribution in [0.4, 0.5) is 0 Å². The summed E-state index contributed by atoms with van der Waals surface area (Å²) in [6.45, 7) is 4.30. The van der Waals surface area contributed by atoms with Gasteiger partial charge in [-0.25, -0.2) is 0 Å². The predicted octanol–water partition coefficient (Wildman–Crippen LogP) is 3.32. The second-order valence-electron chi connectivity index (χ2n) is 5.64. The highest BCUT2D eigenvalue weighted by atomic mass is 16.5. The molecule has 23 heavy (non-hydrogen) atoms. The van der Waals surface area contributed by atoms with Gasteiger partial charge in [0.15, 0.2) is 0 Å². The van der Waals surface area contributed by atoms with Gasteiger partial charge in [-0.2, -0.15) is 0 Å². The molecule has 2 N–H and O–H groups in total. The topological polar surface area (TPSA) is 82.3 Å². The zero-order valence-corrected chi connectivity index (χ0v) is 13.9. The molecule has 0 fully saturated rings. The number of benzene rings is 1. The van der Waals surface area contributed by atoms with Gasteiger partial charge >= 0.3 is 5.97 Å². The van der Waals surface area contributed by atoms with Gasteiger partial charge in [0.1, 0.15) is 0 Å². The lowest BCUT2D eigenvalue weighted by Gasteiger charge is -2.01. The number of methoxy groups -OCH3 is 1. The number of amides is 1. The van der Waals surface area contributed by atoms with Crippen LogP contribution in [0.3, 0.4) is 0 Å². The van der Waals surface area contributed by atoms with E-state index < -0.39 is 5.91 Å². The summed E-state index contributed by atoms with van der Waals surface area (Å²) in [5, 5.41) is 0.929. The molecule has 5 nitrogen and oxygen atoms in total. The van der Waals surface area contributed by atoms with Crippen LogP contribution in [-0.4, -0.2) is 24.0 Å². The van der Waals surface area contributed by atoms with Crippen molar-refractivity contribution in [2.75, 3.05) is 7.11 Å². The first-order valence-corrected chi connectivity index (χ1v) is 7.65. The van der Waals surface area contributed by atoms with Crippen LogP contribution >= 0.6 is 0 Å². The fraction of sp³-hybridized carbons (Fsp3) is 0.389. The van der Waals surface area contributed by atoms with Crippen molar-refractivity contribution in [1.82, 2.24) is 4.98 Å². The lowest BCUT2D eigenvalue weighted by molar-refractivity contribution is -0.140. The second kappa shape index (κ2) is 9.56. The van der Waals surface area contributed by atoms with Crippen LogP contribution in [0.25, 0.3) is 10.9 Å². The molecule has 2 aromatic rings. The molecule has 0 atom stereocenters. The molecule has 0 saturated heterocycles. The van der Waals surface area contributed by atoms with E-state index in [0.29, 0.717) is 17.9 Å². The number of hydrogen-bond acceptors (Lipinski definition) is 4. The van der Waals surface area contributed by atoms with Gasteiger partial charge < -0.3 is 10.5 Å². The summed E-state index contributed by atoms with van der Waals surface area (Å²) in [6, 6.07) is 8.93. The number of aromatic nitrogens is 1. The number of primary amides is 1. The molecule has 2 rings (SSSR count). The van der Waals surface area contributed by atoms with Gasteiger partial charge in [-0.05, 0) is 36.6 Å². The maximum absolute atomic E-state index is 10.8. The third kappa shape index (κ3) is 6.91. The Morgan fingerprint density at radius 3 is 2.61 bits per heavy atom. The molecule has 1 aromatic carbocycles. The fourth-order valence-electron chi connectivity index (χ4n) is 1.99. The predicted molar refractivity (Wildman–Crippen MR) is 91.0 cm³/mol. The Kier molecular flexibility index (Phi) is 7.74. The van der Waals surface area contributed by atoms with E-state index in [9.17, 15) is 9.59 Å². The summed E-state index contributed by atoms with van der Waals surface area (Å²) in [4.78, 5) is 25.5. The SMILES string of the molecule is COC(=O)CCCC(C)C.NC(=O)c1ccc2ncccc2c1. The number of fused-ring (bicyclic) bond motifs is 1. The summed E-state index contributed by atoms with van der Waals surface area (Å²) < 4.78 is 4.49. The van der Waals surface area contributed by atoms with E-state index in [1.165, 1.54) is 7.11 Å². The van der Waals surface area contributed by atoms with Crippen LogP contribution in [0, 0.1) is 5.92 Å². The molecule has 0 aliphatic rings. The number of rotatable bonds is 5. The van der Waals surface area contributed by atoms with Crippen molar-refractivity contribution in [3.8, 4) is 0 Å². The Morgan fingerprint density at radius 1 is 1.26 bits per heavy atom. The molecule has 0 aliphatic carbocycles. The third-order valence-electron chi connectivity index (χ3n) is 3.28. The zero-order chi connectivity index (χ0) is 17.2. The van der Waals surface area contributed by atoms with Crippen LogP contribution in [0.5, 0.6) is 0 Å². The van der Waals surface area contributed by atoms with Gasteiger partial charge in [0.2, 0.25) is 5.91 Å². The van der Waals surface area contributed by atoms with Crippen molar-refractivity contribution in [2.24, 2.45) is 11.7 Å². The average Bonchev–Trinajstić information content (AvgIpc) is 2.54. The molecule has 0 spiro atoms. The van der Waals surface area contributed by atoms with Crippen molar-refractivity contribution >= 4 is 22.8 Å². The van der Waals surface area contributed by atoms with E-state index in [4.69, 9.17) is 5.73 Å². The number of nitrogens with zero attached hydrogens (tertiary/aromatic N) is 1. The molecule has 0 bridgehead atoms. The van der Waals surface area contributed by atoms with E-state index in [1.54, 1.807) is 24.4 Å². The first-order valence-electron chi connectivity index (χ1n) is 7.65. The van der Waals surface area contributed by atoms with E-state index in [-0.39, 0.29) is 5.97 Å². The van der Waals surface area contributed by atoms with Gasteiger partial charge in [0, 0.05) is 23.6 Å². The van der Waals surface area contributed by atoms with E-state index in [2.05, 4.69) is 23.6 Å². The second-order valence-corrected chi connectivity index (χ2v) is 5.64. The Balaban J connectivity index is 0.000000241. The Labute approximate surface area is 136 Å². The lowest BCUT2D eigenvalue weighted by atomic mass is 10.1. The van der Waals surface area contributed by atoms with E-state index >= 15 is 0 Å². The first-order chi connectivity index (χ1) is 10.9. The molecular formula is C18H24N2O3. The van der Waals surface area contributed by atoms with Gasteiger partial charge in [-0.1, -0.05) is 26.3 Å². The molecule has 0 aliphatic heterocycles. The standard InChI is InChI=1S/C10H8N2O.C8H16O2/c11-10(13)8-3-4-9-7(6-8)2-1-5-12-9;1-7(2)5-4-6-8(9)10-3/h1-6H,(H2,11,13);7H,4-6H2,1-3H3. The van der Waals surface area contributed by atoms with Crippen molar-refractivity contribution in [3.63, 3.8) is 0 Å². The maximum atomic E-state index is 10.8. The van der Waals surface area contributed by atoms with Gasteiger partial charge in [-0.3, -0.25) is 14.6 Å². The highest BCUT2D eigenvalue weighted by Crippen LogP contribution is 2.12. The number of carbonyl (C=O) groups excluding carboxylic acids is 2. The number of nitrogens with two attached hydrogens (primary N) is 1. The van der Waals surface area contributed by atoms with Crippen molar-refractivity contribution < 1.29 is 14.3 Å². The Hall–Kier alpha value is -2.43. The molecule has 1 aromatic heterocycles. The maximum Gasteiger partial charge on any atom is 0.305 e. The zero-order valence-electron chi connectivity index (χ0n) is 13.9. The molecule has 0 unspecified atom stereocenters. The van der Waals surface area contributed by atoms with Gasteiger partial charge in [-0.15, -0.1) is 0 Å². The van der Waals surface area contributed by atoms with Crippen LogP contribution in [0.15, 0.2) is 36.5 Å². The first kappa shape index (κ1) is 18.6. The van der Waals surface area contributed by atoms with E-state index in [1.807, 2.05) is 12.1 Å². The molecular weight excluding hydrogens is 292 g/mol. The summed E-state index contributed by atoms with van der Waals surface area (Å²) >= 11 is 0. The number of carbonyl (C=O) groups is 2. The average molecular weight is 316 g/mol. The molecule has 124 valence electrons. The normalized spacial score (nSPS) is 10.1. The van der Waals surface area contributed by atoms with Gasteiger partial charge in [0.25, 0.3) is 0 Å². The fourth-order valence-corrected chi connectivity index (χ4v) is 1.99. The Bertz CT molecular complexity index is 654. The number of hydrogen-bond donors (Lipinski definition) is 1. The molecule has 1 heterocycles. The minimum atomic E-state index is -0.411. The smallest absolute Gasteiger partial charge is 0.305 e. The molecule has 0 radical (unpaired) electrons. The summed E-state index contributed by atoms with van der Waals surface area (Å²) in [7, 11) is 1.43. The van der Waals surface area contributed by atoms with Crippen LogP contribution in [-0.2, 0) is 9.53 Å². The lowest BCUT2D eigenvalue weighted by Crippen LogP contribution is -2.10. The third-order valence-corrected chi connectivity index (χ3v) is 3.28. The van der Waals surface area contributed by atoms with Crippen LogP contribution in [0.2, 0.25) is 0 Å². The Morgan fingerprint density at radius 2 is 2.00 bits per heavy atom.